The molecule has 120 valence electrons. The lowest BCUT2D eigenvalue weighted by Crippen LogP contribution is -2.52. The molecule has 2 rings (SSSR count). The number of rotatable bonds is 4. The van der Waals surface area contributed by atoms with E-state index in [1.807, 2.05) is 0 Å². The number of hydrogen-bond acceptors (Lipinski definition) is 6. The molecule has 2 aliphatic heterocycles. The van der Waals surface area contributed by atoms with Gasteiger partial charge in [-0.1, -0.05) is 0 Å². The molecule has 0 spiro atoms. The lowest BCUT2D eigenvalue weighted by molar-refractivity contribution is -0.139. The topological polar surface area (TPSA) is 107 Å². The molecule has 0 aromatic carbocycles. The quantitative estimate of drug-likeness (QED) is 0.616. The summed E-state index contributed by atoms with van der Waals surface area (Å²) < 4.78 is 23.1. The summed E-state index contributed by atoms with van der Waals surface area (Å²) in [5, 5.41) is 11.8. The SMILES string of the molecule is O=C(O)CN1CCN(C(=O)CC2CS(=O)(=O)CCN2)CC1. The maximum absolute atomic E-state index is 12.2. The molecule has 1 unspecified atom stereocenters. The first-order valence-corrected chi connectivity index (χ1v) is 8.83. The van der Waals surface area contributed by atoms with E-state index < -0.39 is 15.8 Å². The van der Waals surface area contributed by atoms with Gasteiger partial charge in [-0.2, -0.15) is 0 Å². The van der Waals surface area contributed by atoms with Crippen LogP contribution in [0.25, 0.3) is 0 Å². The van der Waals surface area contributed by atoms with Gasteiger partial charge in [0.15, 0.2) is 9.84 Å². The summed E-state index contributed by atoms with van der Waals surface area (Å²) >= 11 is 0. The van der Waals surface area contributed by atoms with Crippen LogP contribution in [0.15, 0.2) is 0 Å². The smallest absolute Gasteiger partial charge is 0.317 e. The van der Waals surface area contributed by atoms with Crippen LogP contribution in [0.2, 0.25) is 0 Å². The van der Waals surface area contributed by atoms with Crippen molar-refractivity contribution in [3.63, 3.8) is 0 Å². The molecule has 8 nitrogen and oxygen atoms in total. The average molecular weight is 319 g/mol. The first-order valence-electron chi connectivity index (χ1n) is 7.01. The zero-order valence-electron chi connectivity index (χ0n) is 11.8. The minimum atomic E-state index is -3.04. The van der Waals surface area contributed by atoms with Gasteiger partial charge in [-0.3, -0.25) is 14.5 Å². The number of nitrogens with zero attached hydrogens (tertiary/aromatic N) is 2. The van der Waals surface area contributed by atoms with Gasteiger partial charge in [-0.05, 0) is 0 Å². The number of sulfone groups is 1. The van der Waals surface area contributed by atoms with E-state index in [1.54, 1.807) is 9.80 Å². The largest absolute Gasteiger partial charge is 0.480 e. The van der Waals surface area contributed by atoms with E-state index in [0.29, 0.717) is 32.7 Å². The first-order chi connectivity index (χ1) is 9.85. The predicted molar refractivity (Wildman–Crippen MR) is 75.7 cm³/mol. The molecule has 2 N–H and O–H groups in total. The lowest BCUT2D eigenvalue weighted by Gasteiger charge is -2.35. The van der Waals surface area contributed by atoms with Crippen molar-refractivity contribution >= 4 is 21.7 Å². The van der Waals surface area contributed by atoms with E-state index in [-0.39, 0.29) is 36.4 Å². The lowest BCUT2D eigenvalue weighted by atomic mass is 10.2. The summed E-state index contributed by atoms with van der Waals surface area (Å²) in [5.74, 6) is -0.797. The molecule has 0 aromatic heterocycles. The summed E-state index contributed by atoms with van der Waals surface area (Å²) in [4.78, 5) is 26.3. The van der Waals surface area contributed by atoms with E-state index in [2.05, 4.69) is 5.32 Å². The molecule has 2 aliphatic rings. The third-order valence-electron chi connectivity index (χ3n) is 3.81. The Morgan fingerprint density at radius 3 is 2.43 bits per heavy atom. The Balaban J connectivity index is 1.78. The molecule has 2 saturated heterocycles. The summed E-state index contributed by atoms with van der Waals surface area (Å²) in [7, 11) is -3.04. The number of hydrogen-bond donors (Lipinski definition) is 2. The summed E-state index contributed by atoms with van der Waals surface area (Å²) in [6, 6.07) is -0.312. The second-order valence-corrected chi connectivity index (χ2v) is 7.75. The van der Waals surface area contributed by atoms with Crippen molar-refractivity contribution in [2.75, 3.05) is 50.8 Å². The van der Waals surface area contributed by atoms with Crippen LogP contribution in [0, 0.1) is 0 Å². The highest BCUT2D eigenvalue weighted by atomic mass is 32.2. The number of carbonyl (C=O) groups is 2. The Hall–Kier alpha value is -1.19. The number of aliphatic carboxylic acids is 1. The number of carbonyl (C=O) groups excluding carboxylic acids is 1. The molecule has 1 amide bonds. The summed E-state index contributed by atoms with van der Waals surface area (Å²) in [5.41, 5.74) is 0. The predicted octanol–water partition coefficient (Wildman–Crippen LogP) is -2.01. The Morgan fingerprint density at radius 2 is 1.86 bits per heavy atom. The fourth-order valence-electron chi connectivity index (χ4n) is 2.68. The maximum atomic E-state index is 12.2. The van der Waals surface area contributed by atoms with Crippen LogP contribution in [-0.2, 0) is 19.4 Å². The monoisotopic (exact) mass is 319 g/mol. The van der Waals surface area contributed by atoms with Gasteiger partial charge in [0.25, 0.3) is 0 Å². The van der Waals surface area contributed by atoms with Crippen molar-refractivity contribution in [3.05, 3.63) is 0 Å². The summed E-state index contributed by atoms with van der Waals surface area (Å²) in [6.45, 7) is 2.44. The molecule has 2 heterocycles. The number of carboxylic acid groups (broad SMARTS) is 1. The first kappa shape index (κ1) is 16.2. The van der Waals surface area contributed by atoms with Crippen LogP contribution in [0.4, 0.5) is 0 Å². The van der Waals surface area contributed by atoms with Crippen molar-refractivity contribution < 1.29 is 23.1 Å². The van der Waals surface area contributed by atoms with Gasteiger partial charge in [-0.15, -0.1) is 0 Å². The molecule has 21 heavy (non-hydrogen) atoms. The van der Waals surface area contributed by atoms with E-state index >= 15 is 0 Å². The van der Waals surface area contributed by atoms with Crippen molar-refractivity contribution in [2.45, 2.75) is 12.5 Å². The Bertz CT molecular complexity index is 499. The highest BCUT2D eigenvalue weighted by molar-refractivity contribution is 7.91. The third kappa shape index (κ3) is 4.94. The standard InChI is InChI=1S/C12H21N3O5S/c16-11(7-10-9-21(19,20)6-1-13-10)15-4-2-14(3-5-15)8-12(17)18/h10,13H,1-9H2,(H,17,18). The normalized spacial score (nSPS) is 26.5. The van der Waals surface area contributed by atoms with Gasteiger partial charge in [0.1, 0.15) is 0 Å². The minimum Gasteiger partial charge on any atom is -0.480 e. The fraction of sp³-hybridized carbons (Fsp3) is 0.833. The number of nitrogens with one attached hydrogen (secondary N) is 1. The van der Waals surface area contributed by atoms with Crippen LogP contribution in [0.5, 0.6) is 0 Å². The van der Waals surface area contributed by atoms with Gasteiger partial charge >= 0.3 is 5.97 Å². The van der Waals surface area contributed by atoms with Crippen molar-refractivity contribution in [2.24, 2.45) is 0 Å². The number of carboxylic acids is 1. The van der Waals surface area contributed by atoms with Crippen LogP contribution >= 0.6 is 0 Å². The zero-order chi connectivity index (χ0) is 15.5. The maximum Gasteiger partial charge on any atom is 0.317 e. The van der Waals surface area contributed by atoms with Crippen LogP contribution in [0.3, 0.4) is 0 Å². The Morgan fingerprint density at radius 1 is 1.19 bits per heavy atom. The average Bonchev–Trinajstić information content (AvgIpc) is 2.37. The van der Waals surface area contributed by atoms with Gasteiger partial charge in [0.2, 0.25) is 5.91 Å². The second kappa shape index (κ2) is 6.71. The van der Waals surface area contributed by atoms with Crippen LogP contribution < -0.4 is 5.32 Å². The van der Waals surface area contributed by atoms with E-state index in [0.717, 1.165) is 0 Å². The van der Waals surface area contributed by atoms with E-state index in [9.17, 15) is 18.0 Å². The molecule has 0 saturated carbocycles. The highest BCUT2D eigenvalue weighted by Gasteiger charge is 2.29. The van der Waals surface area contributed by atoms with Gasteiger partial charge < -0.3 is 15.3 Å². The van der Waals surface area contributed by atoms with Crippen LogP contribution in [-0.4, -0.2) is 92.0 Å². The fourth-order valence-corrected chi connectivity index (χ4v) is 4.13. The second-order valence-electron chi connectivity index (χ2n) is 5.52. The van der Waals surface area contributed by atoms with E-state index in [1.165, 1.54) is 0 Å². The molecular weight excluding hydrogens is 298 g/mol. The van der Waals surface area contributed by atoms with Gasteiger partial charge in [0, 0.05) is 45.2 Å². The molecule has 2 fully saturated rings. The minimum absolute atomic E-state index is 0.00947. The van der Waals surface area contributed by atoms with Crippen molar-refractivity contribution in [1.82, 2.24) is 15.1 Å². The van der Waals surface area contributed by atoms with Crippen molar-refractivity contribution in [3.8, 4) is 0 Å². The molecule has 0 aliphatic carbocycles. The van der Waals surface area contributed by atoms with Crippen LogP contribution in [0.1, 0.15) is 6.42 Å². The zero-order valence-corrected chi connectivity index (χ0v) is 12.6. The molecule has 0 aromatic rings. The molecular formula is C12H21N3O5S. The summed E-state index contributed by atoms with van der Waals surface area (Å²) in [6.07, 6.45) is 0.179. The van der Waals surface area contributed by atoms with Crippen molar-refractivity contribution in [1.29, 1.82) is 0 Å². The Kier molecular flexibility index (Phi) is 5.17. The van der Waals surface area contributed by atoms with E-state index in [4.69, 9.17) is 5.11 Å². The molecule has 9 heteroatoms. The highest BCUT2D eigenvalue weighted by Crippen LogP contribution is 2.09. The number of piperazine rings is 1. The Labute approximate surface area is 124 Å². The molecule has 0 bridgehead atoms. The number of amides is 1. The molecule has 1 atom stereocenters. The van der Waals surface area contributed by atoms with Gasteiger partial charge in [0.05, 0.1) is 18.1 Å². The third-order valence-corrected chi connectivity index (χ3v) is 5.54. The van der Waals surface area contributed by atoms with Gasteiger partial charge in [-0.25, -0.2) is 8.42 Å². The molecule has 0 radical (unpaired) electrons.